The summed E-state index contributed by atoms with van der Waals surface area (Å²) >= 11 is 0. The van der Waals surface area contributed by atoms with E-state index in [1.54, 1.807) is 7.11 Å². The molecule has 1 atom stereocenters. The lowest BCUT2D eigenvalue weighted by molar-refractivity contribution is 0.415. The molecule has 0 saturated carbocycles. The highest BCUT2D eigenvalue weighted by Gasteiger charge is 2.10. The molecule has 2 rings (SSSR count). The van der Waals surface area contributed by atoms with Crippen molar-refractivity contribution in [1.29, 1.82) is 0 Å². The third kappa shape index (κ3) is 4.33. The van der Waals surface area contributed by atoms with Gasteiger partial charge in [0.15, 0.2) is 0 Å². The molecule has 2 aromatic rings. The number of hydrogen-bond donors (Lipinski definition) is 2. The Kier molecular flexibility index (Phi) is 5.81. The predicted octanol–water partition coefficient (Wildman–Crippen LogP) is 4.06. The SMILES string of the molecule is CCCCCC[C@@H](N)c1ncc(-c2ccc(OC)cc2)[nH]1. The molecule has 4 nitrogen and oxygen atoms in total. The van der Waals surface area contributed by atoms with Crippen LogP contribution in [0.15, 0.2) is 30.5 Å². The summed E-state index contributed by atoms with van der Waals surface area (Å²) < 4.78 is 5.17. The smallest absolute Gasteiger partial charge is 0.123 e. The van der Waals surface area contributed by atoms with E-state index in [4.69, 9.17) is 10.5 Å². The van der Waals surface area contributed by atoms with Crippen LogP contribution in [0.3, 0.4) is 0 Å². The number of rotatable bonds is 8. The van der Waals surface area contributed by atoms with E-state index in [1.165, 1.54) is 19.3 Å². The first-order chi connectivity index (χ1) is 10.2. The molecular formula is C17H25N3O. The number of nitrogens with zero attached hydrogens (tertiary/aromatic N) is 1. The van der Waals surface area contributed by atoms with Crippen molar-refractivity contribution in [3.8, 4) is 17.0 Å². The Balaban J connectivity index is 1.96. The largest absolute Gasteiger partial charge is 0.497 e. The summed E-state index contributed by atoms with van der Waals surface area (Å²) in [5.74, 6) is 1.73. The number of unbranched alkanes of at least 4 members (excludes halogenated alkanes) is 3. The molecule has 0 amide bonds. The van der Waals surface area contributed by atoms with Gasteiger partial charge in [0.25, 0.3) is 0 Å². The zero-order chi connectivity index (χ0) is 15.1. The molecule has 0 unspecified atom stereocenters. The Morgan fingerprint density at radius 2 is 1.95 bits per heavy atom. The van der Waals surface area contributed by atoms with Gasteiger partial charge in [-0.05, 0) is 36.2 Å². The molecule has 0 fully saturated rings. The van der Waals surface area contributed by atoms with Gasteiger partial charge in [-0.3, -0.25) is 0 Å². The Morgan fingerprint density at radius 3 is 2.62 bits per heavy atom. The second-order valence-corrected chi connectivity index (χ2v) is 5.37. The van der Waals surface area contributed by atoms with Crippen LogP contribution in [0.25, 0.3) is 11.3 Å². The minimum Gasteiger partial charge on any atom is -0.497 e. The lowest BCUT2D eigenvalue weighted by Gasteiger charge is -2.08. The van der Waals surface area contributed by atoms with Crippen molar-refractivity contribution in [2.24, 2.45) is 5.73 Å². The van der Waals surface area contributed by atoms with Crippen molar-refractivity contribution in [1.82, 2.24) is 9.97 Å². The van der Waals surface area contributed by atoms with Crippen molar-refractivity contribution in [2.75, 3.05) is 7.11 Å². The minimum absolute atomic E-state index is 0.00569. The lowest BCUT2D eigenvalue weighted by Crippen LogP contribution is -2.11. The van der Waals surface area contributed by atoms with Gasteiger partial charge in [-0.15, -0.1) is 0 Å². The normalized spacial score (nSPS) is 12.3. The van der Waals surface area contributed by atoms with E-state index in [0.717, 1.165) is 35.7 Å². The highest BCUT2D eigenvalue weighted by Crippen LogP contribution is 2.23. The number of H-pyrrole nitrogens is 1. The van der Waals surface area contributed by atoms with Crippen LogP contribution in [-0.2, 0) is 0 Å². The van der Waals surface area contributed by atoms with Gasteiger partial charge in [-0.2, -0.15) is 0 Å². The van der Waals surface area contributed by atoms with Crippen LogP contribution in [0.4, 0.5) is 0 Å². The van der Waals surface area contributed by atoms with Crippen LogP contribution in [0.2, 0.25) is 0 Å². The summed E-state index contributed by atoms with van der Waals surface area (Å²) in [5.41, 5.74) is 8.29. The second-order valence-electron chi connectivity index (χ2n) is 5.37. The first kappa shape index (κ1) is 15.6. The third-order valence-electron chi connectivity index (χ3n) is 3.72. The van der Waals surface area contributed by atoms with E-state index in [2.05, 4.69) is 16.9 Å². The molecule has 3 N–H and O–H groups in total. The van der Waals surface area contributed by atoms with Crippen molar-refractivity contribution in [3.63, 3.8) is 0 Å². The number of benzene rings is 1. The molecular weight excluding hydrogens is 262 g/mol. The topological polar surface area (TPSA) is 63.9 Å². The molecule has 0 spiro atoms. The van der Waals surface area contributed by atoms with E-state index in [0.29, 0.717) is 0 Å². The first-order valence-electron chi connectivity index (χ1n) is 7.69. The summed E-state index contributed by atoms with van der Waals surface area (Å²) in [4.78, 5) is 7.75. The summed E-state index contributed by atoms with van der Waals surface area (Å²) in [6.45, 7) is 2.22. The summed E-state index contributed by atoms with van der Waals surface area (Å²) in [7, 11) is 1.67. The van der Waals surface area contributed by atoms with Gasteiger partial charge in [-0.25, -0.2) is 4.98 Å². The summed E-state index contributed by atoms with van der Waals surface area (Å²) in [6, 6.07) is 7.92. The van der Waals surface area contributed by atoms with E-state index in [-0.39, 0.29) is 6.04 Å². The Hall–Kier alpha value is -1.81. The fourth-order valence-electron chi connectivity index (χ4n) is 2.37. The predicted molar refractivity (Wildman–Crippen MR) is 86.3 cm³/mol. The van der Waals surface area contributed by atoms with Gasteiger partial charge in [0, 0.05) is 0 Å². The number of hydrogen-bond acceptors (Lipinski definition) is 3. The van der Waals surface area contributed by atoms with Crippen LogP contribution in [0, 0.1) is 0 Å². The number of nitrogens with one attached hydrogen (secondary N) is 1. The third-order valence-corrected chi connectivity index (χ3v) is 3.72. The zero-order valence-corrected chi connectivity index (χ0v) is 12.9. The molecule has 0 radical (unpaired) electrons. The molecule has 0 aliphatic heterocycles. The number of aromatic amines is 1. The van der Waals surface area contributed by atoms with Crippen LogP contribution < -0.4 is 10.5 Å². The number of imidazole rings is 1. The molecule has 0 aliphatic carbocycles. The highest BCUT2D eigenvalue weighted by molar-refractivity contribution is 5.59. The van der Waals surface area contributed by atoms with Gasteiger partial charge in [0.2, 0.25) is 0 Å². The van der Waals surface area contributed by atoms with Gasteiger partial charge >= 0.3 is 0 Å². The monoisotopic (exact) mass is 287 g/mol. The quantitative estimate of drug-likeness (QED) is 0.720. The molecule has 1 aromatic heterocycles. The second kappa shape index (κ2) is 7.84. The standard InChI is InChI=1S/C17H25N3O/c1-3-4-5-6-7-15(18)17-19-12-16(20-17)13-8-10-14(21-2)11-9-13/h8-12,15H,3-7,18H2,1-2H3,(H,19,20)/t15-/m1/s1. The first-order valence-corrected chi connectivity index (χ1v) is 7.69. The molecule has 21 heavy (non-hydrogen) atoms. The zero-order valence-electron chi connectivity index (χ0n) is 12.9. The fraction of sp³-hybridized carbons (Fsp3) is 0.471. The maximum atomic E-state index is 6.20. The average Bonchev–Trinajstić information content (AvgIpc) is 3.01. The van der Waals surface area contributed by atoms with Gasteiger partial charge in [-0.1, -0.05) is 32.6 Å². The Bertz CT molecular complexity index is 533. The van der Waals surface area contributed by atoms with Crippen molar-refractivity contribution in [3.05, 3.63) is 36.3 Å². The number of nitrogens with two attached hydrogens (primary N) is 1. The number of methoxy groups -OCH3 is 1. The molecule has 4 heteroatoms. The van der Waals surface area contributed by atoms with Gasteiger partial charge in [0.1, 0.15) is 11.6 Å². The van der Waals surface area contributed by atoms with E-state index in [9.17, 15) is 0 Å². The molecule has 0 saturated heterocycles. The maximum Gasteiger partial charge on any atom is 0.123 e. The summed E-state index contributed by atoms with van der Waals surface area (Å²) in [6.07, 6.45) is 7.77. The lowest BCUT2D eigenvalue weighted by atomic mass is 10.1. The molecule has 1 aromatic carbocycles. The number of aromatic nitrogens is 2. The number of ether oxygens (including phenoxy) is 1. The Morgan fingerprint density at radius 1 is 1.19 bits per heavy atom. The maximum absolute atomic E-state index is 6.20. The highest BCUT2D eigenvalue weighted by atomic mass is 16.5. The minimum atomic E-state index is -0.00569. The van der Waals surface area contributed by atoms with E-state index >= 15 is 0 Å². The molecule has 0 aliphatic rings. The van der Waals surface area contributed by atoms with E-state index in [1.807, 2.05) is 30.5 Å². The Labute approximate surface area is 126 Å². The molecule has 0 bridgehead atoms. The van der Waals surface area contributed by atoms with Crippen LogP contribution in [0.1, 0.15) is 50.9 Å². The fourth-order valence-corrected chi connectivity index (χ4v) is 2.37. The van der Waals surface area contributed by atoms with Crippen LogP contribution in [-0.4, -0.2) is 17.1 Å². The average molecular weight is 287 g/mol. The molecule has 114 valence electrons. The van der Waals surface area contributed by atoms with Gasteiger partial charge < -0.3 is 15.5 Å². The van der Waals surface area contributed by atoms with Crippen molar-refractivity contribution in [2.45, 2.75) is 45.1 Å². The van der Waals surface area contributed by atoms with E-state index < -0.39 is 0 Å². The molecule has 1 heterocycles. The van der Waals surface area contributed by atoms with Crippen molar-refractivity contribution < 1.29 is 4.74 Å². The van der Waals surface area contributed by atoms with Crippen LogP contribution >= 0.6 is 0 Å². The van der Waals surface area contributed by atoms with Crippen LogP contribution in [0.5, 0.6) is 5.75 Å². The van der Waals surface area contributed by atoms with Gasteiger partial charge in [0.05, 0.1) is 25.0 Å². The van der Waals surface area contributed by atoms with Crippen molar-refractivity contribution >= 4 is 0 Å². The summed E-state index contributed by atoms with van der Waals surface area (Å²) in [5, 5.41) is 0.